The molecule has 0 amide bonds. The number of hydrogen-bond donors (Lipinski definition) is 1. The van der Waals surface area contributed by atoms with Gasteiger partial charge in [0.05, 0.1) is 0 Å². The topological polar surface area (TPSA) is 38.5 Å². The third kappa shape index (κ3) is 5.71. The summed E-state index contributed by atoms with van der Waals surface area (Å²) in [6.07, 6.45) is 2.49. The number of benzene rings is 1. The fraction of sp³-hybridized carbons (Fsp3) is 0.571. The lowest BCUT2D eigenvalue weighted by Gasteiger charge is -2.16. The minimum atomic E-state index is 0.583. The first-order valence-corrected chi connectivity index (χ1v) is 6.36. The lowest BCUT2D eigenvalue weighted by molar-refractivity contribution is 0.235. The molecular weight excluding hydrogens is 212 g/mol. The Morgan fingerprint density at radius 2 is 1.88 bits per heavy atom. The predicted molar refractivity (Wildman–Crippen MR) is 72.2 cm³/mol. The van der Waals surface area contributed by atoms with Crippen LogP contribution >= 0.6 is 0 Å². The summed E-state index contributed by atoms with van der Waals surface area (Å²) in [7, 11) is 2.14. The second kappa shape index (κ2) is 8.09. The smallest absolute Gasteiger partial charge is 0.119 e. The fourth-order valence-corrected chi connectivity index (χ4v) is 1.58. The number of ether oxygens (including phenoxy) is 1. The third-order valence-corrected chi connectivity index (χ3v) is 2.79. The summed E-state index contributed by atoms with van der Waals surface area (Å²) in [5.41, 5.74) is 6.68. The van der Waals surface area contributed by atoms with Crippen LogP contribution in [0.1, 0.15) is 25.3 Å². The van der Waals surface area contributed by atoms with Crippen molar-refractivity contribution in [1.29, 1.82) is 0 Å². The van der Waals surface area contributed by atoms with Gasteiger partial charge in [-0.25, -0.2) is 0 Å². The van der Waals surface area contributed by atoms with Crippen molar-refractivity contribution in [1.82, 2.24) is 4.90 Å². The molecule has 0 saturated carbocycles. The molecule has 2 N–H and O–H groups in total. The van der Waals surface area contributed by atoms with Crippen LogP contribution in [0.25, 0.3) is 0 Å². The molecule has 0 aliphatic carbocycles. The molecule has 1 rings (SSSR count). The van der Waals surface area contributed by atoms with Gasteiger partial charge in [-0.3, -0.25) is 0 Å². The maximum Gasteiger partial charge on any atom is 0.119 e. The van der Waals surface area contributed by atoms with Gasteiger partial charge in [0.25, 0.3) is 0 Å². The van der Waals surface area contributed by atoms with E-state index in [0.717, 1.165) is 31.0 Å². The average molecular weight is 236 g/mol. The molecule has 0 fully saturated rings. The van der Waals surface area contributed by atoms with E-state index >= 15 is 0 Å². The molecule has 17 heavy (non-hydrogen) atoms. The number of nitrogens with two attached hydrogens (primary N) is 1. The molecular formula is C14H24N2O. The molecule has 0 aliphatic heterocycles. The Balaban J connectivity index is 2.21. The van der Waals surface area contributed by atoms with E-state index in [2.05, 4.69) is 18.9 Å². The highest BCUT2D eigenvalue weighted by Crippen LogP contribution is 2.11. The number of rotatable bonds is 8. The SMILES string of the molecule is CCCCN(C)CCOc1ccc(CN)cc1. The molecule has 96 valence electrons. The quantitative estimate of drug-likeness (QED) is 0.752. The lowest BCUT2D eigenvalue weighted by atomic mass is 10.2. The maximum atomic E-state index is 5.67. The van der Waals surface area contributed by atoms with Gasteiger partial charge in [0.1, 0.15) is 12.4 Å². The van der Waals surface area contributed by atoms with Crippen molar-refractivity contribution in [3.63, 3.8) is 0 Å². The number of likely N-dealkylation sites (N-methyl/N-ethyl adjacent to an activating group) is 1. The van der Waals surface area contributed by atoms with E-state index in [1.54, 1.807) is 0 Å². The number of nitrogens with zero attached hydrogens (tertiary/aromatic N) is 1. The molecule has 1 aromatic rings. The first-order valence-electron chi connectivity index (χ1n) is 6.36. The van der Waals surface area contributed by atoms with E-state index in [0.29, 0.717) is 6.54 Å². The van der Waals surface area contributed by atoms with Crippen molar-refractivity contribution in [3.05, 3.63) is 29.8 Å². The largest absolute Gasteiger partial charge is 0.492 e. The lowest BCUT2D eigenvalue weighted by Crippen LogP contribution is -2.25. The number of hydrogen-bond acceptors (Lipinski definition) is 3. The van der Waals surface area contributed by atoms with Gasteiger partial charge in [0, 0.05) is 13.1 Å². The van der Waals surface area contributed by atoms with Crippen molar-refractivity contribution in [2.75, 3.05) is 26.7 Å². The maximum absolute atomic E-state index is 5.67. The Morgan fingerprint density at radius 1 is 1.18 bits per heavy atom. The normalized spacial score (nSPS) is 10.8. The molecule has 0 aliphatic rings. The molecule has 3 heteroatoms. The van der Waals surface area contributed by atoms with Gasteiger partial charge in [0.15, 0.2) is 0 Å². The summed E-state index contributed by atoms with van der Waals surface area (Å²) < 4.78 is 5.67. The van der Waals surface area contributed by atoms with Gasteiger partial charge in [-0.15, -0.1) is 0 Å². The highest BCUT2D eigenvalue weighted by molar-refractivity contribution is 5.27. The van der Waals surface area contributed by atoms with Gasteiger partial charge in [-0.2, -0.15) is 0 Å². The van der Waals surface area contributed by atoms with Crippen LogP contribution in [0, 0.1) is 0 Å². The number of unbranched alkanes of at least 4 members (excludes halogenated alkanes) is 1. The first-order chi connectivity index (χ1) is 8.26. The van der Waals surface area contributed by atoms with Crippen molar-refractivity contribution in [2.45, 2.75) is 26.3 Å². The van der Waals surface area contributed by atoms with Crippen LogP contribution in [0.15, 0.2) is 24.3 Å². The molecule has 0 radical (unpaired) electrons. The first kappa shape index (κ1) is 14.0. The second-order valence-electron chi connectivity index (χ2n) is 4.35. The summed E-state index contributed by atoms with van der Waals surface area (Å²) in [6.45, 7) is 5.65. The van der Waals surface area contributed by atoms with Crippen LogP contribution in [0.5, 0.6) is 5.75 Å². The molecule has 0 heterocycles. The van der Waals surface area contributed by atoms with Gasteiger partial charge in [-0.05, 0) is 37.7 Å². The summed E-state index contributed by atoms with van der Waals surface area (Å²) >= 11 is 0. The van der Waals surface area contributed by atoms with Crippen LogP contribution < -0.4 is 10.5 Å². The highest BCUT2D eigenvalue weighted by atomic mass is 16.5. The van der Waals surface area contributed by atoms with Crippen molar-refractivity contribution < 1.29 is 4.74 Å². The van der Waals surface area contributed by atoms with Crippen LogP contribution in [0.4, 0.5) is 0 Å². The molecule has 0 bridgehead atoms. The zero-order valence-electron chi connectivity index (χ0n) is 11.0. The summed E-state index contributed by atoms with van der Waals surface area (Å²) in [4.78, 5) is 2.30. The average Bonchev–Trinajstić information content (AvgIpc) is 2.37. The Morgan fingerprint density at radius 3 is 2.47 bits per heavy atom. The highest BCUT2D eigenvalue weighted by Gasteiger charge is 1.98. The predicted octanol–water partition coefficient (Wildman–Crippen LogP) is 2.26. The minimum Gasteiger partial charge on any atom is -0.492 e. The van der Waals surface area contributed by atoms with Crippen molar-refractivity contribution in [3.8, 4) is 5.75 Å². The van der Waals surface area contributed by atoms with Gasteiger partial charge < -0.3 is 15.4 Å². The van der Waals surface area contributed by atoms with E-state index in [-0.39, 0.29) is 0 Å². The van der Waals surface area contributed by atoms with E-state index in [1.165, 1.54) is 12.8 Å². The standard InChI is InChI=1S/C14H24N2O/c1-3-4-9-16(2)10-11-17-14-7-5-13(12-15)6-8-14/h5-8H,3-4,9-12,15H2,1-2H3. The zero-order valence-corrected chi connectivity index (χ0v) is 11.0. The minimum absolute atomic E-state index is 0.583. The second-order valence-corrected chi connectivity index (χ2v) is 4.35. The zero-order chi connectivity index (χ0) is 12.5. The van der Waals surface area contributed by atoms with Crippen LogP contribution in [-0.4, -0.2) is 31.6 Å². The van der Waals surface area contributed by atoms with Gasteiger partial charge >= 0.3 is 0 Å². The fourth-order valence-electron chi connectivity index (χ4n) is 1.58. The summed E-state index contributed by atoms with van der Waals surface area (Å²) in [6, 6.07) is 7.98. The molecule has 0 aromatic heterocycles. The van der Waals surface area contributed by atoms with Gasteiger partial charge in [0.2, 0.25) is 0 Å². The molecule has 1 aromatic carbocycles. The summed E-state index contributed by atoms with van der Waals surface area (Å²) in [5, 5.41) is 0. The van der Waals surface area contributed by atoms with Crippen LogP contribution in [0.3, 0.4) is 0 Å². The van der Waals surface area contributed by atoms with Crippen LogP contribution in [0.2, 0.25) is 0 Å². The van der Waals surface area contributed by atoms with Crippen LogP contribution in [-0.2, 0) is 6.54 Å². The molecule has 0 unspecified atom stereocenters. The Bertz CT molecular complexity index is 298. The van der Waals surface area contributed by atoms with E-state index in [9.17, 15) is 0 Å². The van der Waals surface area contributed by atoms with E-state index < -0.39 is 0 Å². The molecule has 0 saturated heterocycles. The Hall–Kier alpha value is -1.06. The molecule has 3 nitrogen and oxygen atoms in total. The summed E-state index contributed by atoms with van der Waals surface area (Å²) in [5.74, 6) is 0.922. The third-order valence-electron chi connectivity index (χ3n) is 2.79. The Kier molecular flexibility index (Phi) is 6.67. The van der Waals surface area contributed by atoms with E-state index in [4.69, 9.17) is 10.5 Å². The monoisotopic (exact) mass is 236 g/mol. The van der Waals surface area contributed by atoms with E-state index in [1.807, 2.05) is 24.3 Å². The van der Waals surface area contributed by atoms with Crippen molar-refractivity contribution >= 4 is 0 Å². The van der Waals surface area contributed by atoms with Gasteiger partial charge in [-0.1, -0.05) is 25.5 Å². The molecule has 0 spiro atoms. The molecule has 0 atom stereocenters. The van der Waals surface area contributed by atoms with Crippen molar-refractivity contribution in [2.24, 2.45) is 5.73 Å². The Labute approximate surface area is 105 Å².